The summed E-state index contributed by atoms with van der Waals surface area (Å²) in [4.78, 5) is 23.4. The van der Waals surface area contributed by atoms with Crippen LogP contribution in [-0.4, -0.2) is 11.9 Å². The van der Waals surface area contributed by atoms with E-state index in [1.807, 2.05) is 0 Å². The molecule has 0 unspecified atom stereocenters. The molecule has 0 heterocycles. The second-order valence-corrected chi connectivity index (χ2v) is 4.19. The Morgan fingerprint density at radius 1 is 0.947 bits per heavy atom. The zero-order chi connectivity index (χ0) is 13.8. The number of esters is 2. The Labute approximate surface area is 114 Å². The third-order valence-electron chi connectivity index (χ3n) is 2.43. The highest BCUT2D eigenvalue weighted by molar-refractivity contribution is 6.33. The lowest BCUT2D eigenvalue weighted by Crippen LogP contribution is -2.13. The molecule has 5 heteroatoms. The summed E-state index contributed by atoms with van der Waals surface area (Å²) in [7, 11) is 0. The summed E-state index contributed by atoms with van der Waals surface area (Å²) >= 11 is 5.74. The van der Waals surface area contributed by atoms with Crippen molar-refractivity contribution < 1.29 is 14.3 Å². The van der Waals surface area contributed by atoms with Crippen molar-refractivity contribution in [1.82, 2.24) is 0 Å². The highest BCUT2D eigenvalue weighted by atomic mass is 35.5. The van der Waals surface area contributed by atoms with E-state index in [9.17, 15) is 9.59 Å². The fourth-order valence-corrected chi connectivity index (χ4v) is 1.56. The SMILES string of the molecule is Nc1cc(C(=O)OC(=O)c2ccccc2)ccc1Cl. The van der Waals surface area contributed by atoms with Gasteiger partial charge in [-0.25, -0.2) is 9.59 Å². The van der Waals surface area contributed by atoms with Crippen LogP contribution < -0.4 is 5.73 Å². The summed E-state index contributed by atoms with van der Waals surface area (Å²) in [6.45, 7) is 0. The van der Waals surface area contributed by atoms with Gasteiger partial charge in [0.2, 0.25) is 0 Å². The Balaban J connectivity index is 2.13. The molecule has 0 atom stereocenters. The molecule has 0 radical (unpaired) electrons. The average molecular weight is 276 g/mol. The van der Waals surface area contributed by atoms with Gasteiger partial charge in [0.25, 0.3) is 0 Å². The largest absolute Gasteiger partial charge is 0.398 e. The lowest BCUT2D eigenvalue weighted by Gasteiger charge is -2.04. The van der Waals surface area contributed by atoms with Crippen LogP contribution in [-0.2, 0) is 4.74 Å². The summed E-state index contributed by atoms with van der Waals surface area (Å²) < 4.78 is 4.74. The minimum Gasteiger partial charge on any atom is -0.398 e. The van der Waals surface area contributed by atoms with Crippen LogP contribution in [0.2, 0.25) is 5.02 Å². The van der Waals surface area contributed by atoms with E-state index in [1.54, 1.807) is 30.3 Å². The molecule has 0 saturated carbocycles. The molecule has 0 fully saturated rings. The number of carbonyl (C=O) groups excluding carboxylic acids is 2. The van der Waals surface area contributed by atoms with Gasteiger partial charge in [0.05, 0.1) is 21.8 Å². The molecule has 0 saturated heterocycles. The van der Waals surface area contributed by atoms with Gasteiger partial charge in [0.1, 0.15) is 0 Å². The van der Waals surface area contributed by atoms with Crippen LogP contribution in [0, 0.1) is 0 Å². The average Bonchev–Trinajstić information content (AvgIpc) is 2.42. The molecular formula is C14H10ClNO3. The molecule has 0 aromatic heterocycles. The molecule has 0 amide bonds. The van der Waals surface area contributed by atoms with E-state index in [0.29, 0.717) is 10.6 Å². The zero-order valence-corrected chi connectivity index (χ0v) is 10.6. The lowest BCUT2D eigenvalue weighted by atomic mass is 10.2. The van der Waals surface area contributed by atoms with E-state index in [4.69, 9.17) is 22.1 Å². The highest BCUT2D eigenvalue weighted by Gasteiger charge is 2.15. The first-order valence-corrected chi connectivity index (χ1v) is 5.82. The normalized spacial score (nSPS) is 9.95. The summed E-state index contributed by atoms with van der Waals surface area (Å²) in [5, 5.41) is 0.339. The maximum Gasteiger partial charge on any atom is 0.346 e. The first kappa shape index (κ1) is 13.1. The third-order valence-corrected chi connectivity index (χ3v) is 2.77. The van der Waals surface area contributed by atoms with Crippen molar-refractivity contribution in [3.05, 3.63) is 64.7 Å². The van der Waals surface area contributed by atoms with Gasteiger partial charge in [-0.15, -0.1) is 0 Å². The Hall–Kier alpha value is -2.33. The molecular weight excluding hydrogens is 266 g/mol. The van der Waals surface area contributed by atoms with Gasteiger partial charge in [-0.3, -0.25) is 0 Å². The second-order valence-electron chi connectivity index (χ2n) is 3.78. The second kappa shape index (κ2) is 5.54. The number of hydrogen-bond donors (Lipinski definition) is 1. The van der Waals surface area contributed by atoms with Gasteiger partial charge in [0, 0.05) is 0 Å². The minimum absolute atomic E-state index is 0.172. The number of ether oxygens (including phenoxy) is 1. The number of hydrogen-bond acceptors (Lipinski definition) is 4. The Kier molecular flexibility index (Phi) is 3.82. The number of rotatable bonds is 2. The zero-order valence-electron chi connectivity index (χ0n) is 9.80. The molecule has 2 N–H and O–H groups in total. The van der Waals surface area contributed by atoms with Crippen LogP contribution >= 0.6 is 11.6 Å². The van der Waals surface area contributed by atoms with Gasteiger partial charge in [-0.05, 0) is 30.3 Å². The molecule has 0 aliphatic carbocycles. The summed E-state index contributed by atoms with van der Waals surface area (Å²) in [5.41, 5.74) is 6.30. The number of benzene rings is 2. The summed E-state index contributed by atoms with van der Waals surface area (Å²) in [6, 6.07) is 12.5. The number of nitrogens with two attached hydrogens (primary N) is 1. The first-order valence-electron chi connectivity index (χ1n) is 5.44. The smallest absolute Gasteiger partial charge is 0.346 e. The molecule has 2 aromatic rings. The van der Waals surface area contributed by atoms with Gasteiger partial charge in [-0.1, -0.05) is 29.8 Å². The van der Waals surface area contributed by atoms with E-state index in [-0.39, 0.29) is 11.3 Å². The summed E-state index contributed by atoms with van der Waals surface area (Å²) in [6.07, 6.45) is 0. The molecule has 0 aliphatic heterocycles. The molecule has 96 valence electrons. The number of carbonyl (C=O) groups is 2. The lowest BCUT2D eigenvalue weighted by molar-refractivity contribution is 0.0398. The van der Waals surface area contributed by atoms with Gasteiger partial charge in [0.15, 0.2) is 0 Å². The van der Waals surface area contributed by atoms with Crippen LogP contribution in [0.25, 0.3) is 0 Å². The molecule has 0 bridgehead atoms. The number of halogens is 1. The third kappa shape index (κ3) is 3.11. The van der Waals surface area contributed by atoms with E-state index < -0.39 is 11.9 Å². The predicted molar refractivity (Wildman–Crippen MR) is 72.1 cm³/mol. The molecule has 4 nitrogen and oxygen atoms in total. The van der Waals surface area contributed by atoms with Crippen molar-refractivity contribution in [1.29, 1.82) is 0 Å². The van der Waals surface area contributed by atoms with Gasteiger partial charge in [-0.2, -0.15) is 0 Å². The highest BCUT2D eigenvalue weighted by Crippen LogP contribution is 2.20. The summed E-state index contributed by atoms with van der Waals surface area (Å²) in [5.74, 6) is -1.48. The minimum atomic E-state index is -0.766. The fraction of sp³-hybridized carbons (Fsp3) is 0. The van der Waals surface area contributed by atoms with Crippen LogP contribution in [0.1, 0.15) is 20.7 Å². The fourth-order valence-electron chi connectivity index (χ4n) is 1.45. The quantitative estimate of drug-likeness (QED) is 0.520. The van der Waals surface area contributed by atoms with Crippen LogP contribution in [0.3, 0.4) is 0 Å². The van der Waals surface area contributed by atoms with E-state index in [2.05, 4.69) is 0 Å². The van der Waals surface area contributed by atoms with E-state index >= 15 is 0 Å². The van der Waals surface area contributed by atoms with Crippen molar-refractivity contribution >= 4 is 29.2 Å². The monoisotopic (exact) mass is 275 g/mol. The standard InChI is InChI=1S/C14H10ClNO3/c15-11-7-6-10(8-12(11)16)14(18)19-13(17)9-4-2-1-3-5-9/h1-8H,16H2. The molecule has 2 aromatic carbocycles. The van der Waals surface area contributed by atoms with Crippen molar-refractivity contribution in [2.75, 3.05) is 5.73 Å². The maximum atomic E-state index is 11.8. The predicted octanol–water partition coefficient (Wildman–Crippen LogP) is 2.92. The van der Waals surface area contributed by atoms with Crippen LogP contribution in [0.15, 0.2) is 48.5 Å². The maximum absolute atomic E-state index is 11.8. The Bertz CT molecular complexity index is 626. The topological polar surface area (TPSA) is 69.4 Å². The van der Waals surface area contributed by atoms with E-state index in [1.165, 1.54) is 18.2 Å². The van der Waals surface area contributed by atoms with E-state index in [0.717, 1.165) is 0 Å². The van der Waals surface area contributed by atoms with Gasteiger partial charge < -0.3 is 10.5 Å². The molecule has 0 aliphatic rings. The van der Waals surface area contributed by atoms with Crippen LogP contribution in [0.5, 0.6) is 0 Å². The van der Waals surface area contributed by atoms with Crippen molar-refractivity contribution in [3.8, 4) is 0 Å². The first-order chi connectivity index (χ1) is 9.08. The molecule has 0 spiro atoms. The van der Waals surface area contributed by atoms with Crippen molar-refractivity contribution in [2.24, 2.45) is 0 Å². The van der Waals surface area contributed by atoms with Crippen molar-refractivity contribution in [2.45, 2.75) is 0 Å². The van der Waals surface area contributed by atoms with Crippen LogP contribution in [0.4, 0.5) is 5.69 Å². The van der Waals surface area contributed by atoms with Gasteiger partial charge >= 0.3 is 11.9 Å². The Morgan fingerprint density at radius 2 is 1.58 bits per heavy atom. The number of nitrogen functional groups attached to an aromatic ring is 1. The molecule has 19 heavy (non-hydrogen) atoms. The Morgan fingerprint density at radius 3 is 2.21 bits per heavy atom. The van der Waals surface area contributed by atoms with Crippen molar-refractivity contribution in [3.63, 3.8) is 0 Å². The number of anilines is 1. The molecule has 2 rings (SSSR count).